The first-order valence-corrected chi connectivity index (χ1v) is 7.50. The van der Waals surface area contributed by atoms with Gasteiger partial charge in [0.2, 0.25) is 11.2 Å². The molecule has 0 unspecified atom stereocenters. The Hall–Kier alpha value is -1.07. The van der Waals surface area contributed by atoms with Crippen molar-refractivity contribution in [2.45, 2.75) is 25.7 Å². The van der Waals surface area contributed by atoms with E-state index >= 15 is 0 Å². The molecule has 1 aliphatic rings. The summed E-state index contributed by atoms with van der Waals surface area (Å²) in [6.45, 7) is 1.40. The molecule has 5 nitrogen and oxygen atoms in total. The summed E-state index contributed by atoms with van der Waals surface area (Å²) in [6.07, 6.45) is 5.55. The summed E-state index contributed by atoms with van der Waals surface area (Å²) in [5.74, 6) is 1.04. The van der Waals surface area contributed by atoms with Crippen LogP contribution in [0.1, 0.15) is 25.7 Å². The predicted molar refractivity (Wildman–Crippen MR) is 80.1 cm³/mol. The van der Waals surface area contributed by atoms with Crippen LogP contribution >= 0.6 is 23.2 Å². The molecule has 1 fully saturated rings. The lowest BCUT2D eigenvalue weighted by Crippen LogP contribution is -2.37. The molecule has 110 valence electrons. The molecule has 2 rings (SSSR count). The third-order valence-electron chi connectivity index (χ3n) is 3.51. The Bertz CT molecular complexity index is 479. The van der Waals surface area contributed by atoms with Gasteiger partial charge in [-0.15, -0.1) is 0 Å². The second-order valence-electron chi connectivity index (χ2n) is 5.00. The number of carbonyl (C=O) groups excluding carboxylic acids is 1. The molecule has 1 heterocycles. The zero-order chi connectivity index (χ0) is 14.5. The first-order valence-electron chi connectivity index (χ1n) is 6.75. The monoisotopic (exact) mass is 316 g/mol. The number of carbonyl (C=O) groups is 1. The maximum Gasteiger partial charge on any atom is 0.225 e. The van der Waals surface area contributed by atoms with Crippen LogP contribution in [-0.2, 0) is 4.79 Å². The molecule has 0 atom stereocenters. The molecule has 1 saturated carbocycles. The maximum absolute atomic E-state index is 11.9. The molecule has 7 heteroatoms. The highest BCUT2D eigenvalue weighted by Gasteiger charge is 2.27. The van der Waals surface area contributed by atoms with Crippen molar-refractivity contribution >= 4 is 34.9 Å². The van der Waals surface area contributed by atoms with Crippen molar-refractivity contribution in [1.29, 1.82) is 0 Å². The van der Waals surface area contributed by atoms with Gasteiger partial charge in [-0.3, -0.25) is 4.79 Å². The van der Waals surface area contributed by atoms with Gasteiger partial charge in [-0.2, -0.15) is 4.98 Å². The number of aromatic nitrogens is 2. The Kier molecular flexibility index (Phi) is 5.43. The third kappa shape index (κ3) is 3.96. The molecular weight excluding hydrogens is 299 g/mol. The van der Waals surface area contributed by atoms with E-state index in [2.05, 4.69) is 15.3 Å². The maximum atomic E-state index is 11.9. The fourth-order valence-electron chi connectivity index (χ4n) is 2.07. The van der Waals surface area contributed by atoms with Gasteiger partial charge in [-0.25, -0.2) is 4.98 Å². The molecule has 0 spiro atoms. The highest BCUT2D eigenvalue weighted by Crippen LogP contribution is 2.27. The molecule has 1 aliphatic carbocycles. The van der Waals surface area contributed by atoms with E-state index in [-0.39, 0.29) is 17.1 Å². The zero-order valence-electron chi connectivity index (χ0n) is 11.4. The highest BCUT2D eigenvalue weighted by atomic mass is 35.5. The van der Waals surface area contributed by atoms with Gasteiger partial charge >= 0.3 is 0 Å². The minimum Gasteiger partial charge on any atom is -0.369 e. The molecule has 0 aliphatic heterocycles. The zero-order valence-corrected chi connectivity index (χ0v) is 12.9. The average Bonchev–Trinajstić information content (AvgIpc) is 2.36. The number of anilines is 1. The van der Waals surface area contributed by atoms with E-state index in [1.807, 2.05) is 7.05 Å². The van der Waals surface area contributed by atoms with Crippen molar-refractivity contribution in [3.63, 3.8) is 0 Å². The van der Waals surface area contributed by atoms with Crippen molar-refractivity contribution in [2.24, 2.45) is 5.92 Å². The second kappa shape index (κ2) is 7.09. The van der Waals surface area contributed by atoms with Gasteiger partial charge in [0.15, 0.2) is 0 Å². The smallest absolute Gasteiger partial charge is 0.225 e. The number of halogens is 2. The molecule has 20 heavy (non-hydrogen) atoms. The van der Waals surface area contributed by atoms with Crippen LogP contribution in [0.25, 0.3) is 0 Å². The number of nitrogens with one attached hydrogen (secondary N) is 1. The van der Waals surface area contributed by atoms with Gasteiger partial charge in [0.1, 0.15) is 10.8 Å². The van der Waals surface area contributed by atoms with Gasteiger partial charge in [-0.1, -0.05) is 18.0 Å². The first-order chi connectivity index (χ1) is 9.58. The summed E-state index contributed by atoms with van der Waals surface area (Å²) in [4.78, 5) is 21.5. The molecule has 0 saturated heterocycles. The molecular formula is C13H18Cl2N4O. The number of rotatable bonds is 6. The summed E-state index contributed by atoms with van der Waals surface area (Å²) in [6, 6.07) is 0. The fourth-order valence-corrected chi connectivity index (χ4v) is 2.36. The van der Waals surface area contributed by atoms with Crippen molar-refractivity contribution in [3.8, 4) is 0 Å². The van der Waals surface area contributed by atoms with Crippen molar-refractivity contribution in [1.82, 2.24) is 14.9 Å². The van der Waals surface area contributed by atoms with E-state index in [0.29, 0.717) is 17.4 Å². The number of amides is 1. The molecule has 0 aromatic carbocycles. The minimum absolute atomic E-state index is 0.161. The summed E-state index contributed by atoms with van der Waals surface area (Å²) >= 11 is 11.7. The third-order valence-corrected chi connectivity index (χ3v) is 3.97. The van der Waals surface area contributed by atoms with Gasteiger partial charge in [-0.05, 0) is 30.9 Å². The quantitative estimate of drug-likeness (QED) is 0.647. The van der Waals surface area contributed by atoms with Crippen LogP contribution < -0.4 is 5.32 Å². The first kappa shape index (κ1) is 15.3. The number of hydrogen-bond acceptors (Lipinski definition) is 4. The molecule has 1 aromatic rings. The Morgan fingerprint density at radius 1 is 1.50 bits per heavy atom. The molecule has 1 aromatic heterocycles. The van der Waals surface area contributed by atoms with E-state index < -0.39 is 0 Å². The Morgan fingerprint density at radius 3 is 2.90 bits per heavy atom. The van der Waals surface area contributed by atoms with Gasteiger partial charge < -0.3 is 10.2 Å². The van der Waals surface area contributed by atoms with Gasteiger partial charge in [0.05, 0.1) is 6.20 Å². The van der Waals surface area contributed by atoms with Gasteiger partial charge in [0.25, 0.3) is 0 Å². The normalized spacial score (nSPS) is 14.8. The van der Waals surface area contributed by atoms with Crippen LogP contribution in [0.2, 0.25) is 10.3 Å². The van der Waals surface area contributed by atoms with Crippen LogP contribution in [-0.4, -0.2) is 40.9 Å². The fraction of sp³-hybridized carbons (Fsp3) is 0.615. The second-order valence-corrected chi connectivity index (χ2v) is 5.75. The molecule has 1 N–H and O–H groups in total. The number of nitrogens with zero attached hydrogens (tertiary/aromatic N) is 3. The lowest BCUT2D eigenvalue weighted by Gasteiger charge is -2.29. The highest BCUT2D eigenvalue weighted by molar-refractivity contribution is 6.33. The summed E-state index contributed by atoms with van der Waals surface area (Å²) in [5, 5.41) is 3.70. The van der Waals surface area contributed by atoms with Crippen molar-refractivity contribution in [3.05, 3.63) is 16.5 Å². The van der Waals surface area contributed by atoms with Crippen LogP contribution in [0.15, 0.2) is 6.20 Å². The van der Waals surface area contributed by atoms with E-state index in [1.54, 1.807) is 4.90 Å². The SMILES string of the molecule is CN(CCCNc1nc(Cl)ncc1Cl)C(=O)C1CCC1. The van der Waals surface area contributed by atoms with Crippen LogP contribution in [0.5, 0.6) is 0 Å². The Labute approximate surface area is 128 Å². The standard InChI is InChI=1S/C13H18Cl2N4O/c1-19(12(20)9-4-2-5-9)7-3-6-16-11-10(14)8-17-13(15)18-11/h8-9H,2-7H2,1H3,(H,16,17,18). The lowest BCUT2D eigenvalue weighted by atomic mass is 9.84. The summed E-state index contributed by atoms with van der Waals surface area (Å²) in [7, 11) is 1.86. The van der Waals surface area contributed by atoms with Crippen molar-refractivity contribution < 1.29 is 4.79 Å². The van der Waals surface area contributed by atoms with Crippen LogP contribution in [0.4, 0.5) is 5.82 Å². The van der Waals surface area contributed by atoms with E-state index in [9.17, 15) is 4.79 Å². The minimum atomic E-state index is 0.161. The topological polar surface area (TPSA) is 58.1 Å². The molecule has 1 amide bonds. The largest absolute Gasteiger partial charge is 0.369 e. The van der Waals surface area contributed by atoms with Crippen molar-refractivity contribution in [2.75, 3.05) is 25.5 Å². The molecule has 0 bridgehead atoms. The number of hydrogen-bond donors (Lipinski definition) is 1. The van der Waals surface area contributed by atoms with E-state index in [4.69, 9.17) is 23.2 Å². The summed E-state index contributed by atoms with van der Waals surface area (Å²) < 4.78 is 0. The lowest BCUT2D eigenvalue weighted by molar-refractivity contribution is -0.136. The molecule has 0 radical (unpaired) electrons. The Morgan fingerprint density at radius 2 is 2.25 bits per heavy atom. The van der Waals surface area contributed by atoms with Gasteiger partial charge in [0, 0.05) is 26.1 Å². The van der Waals surface area contributed by atoms with E-state index in [0.717, 1.165) is 25.8 Å². The average molecular weight is 317 g/mol. The van der Waals surface area contributed by atoms with Crippen LogP contribution in [0, 0.1) is 5.92 Å². The summed E-state index contributed by atoms with van der Waals surface area (Å²) in [5.41, 5.74) is 0. The Balaban J connectivity index is 1.70. The predicted octanol–water partition coefficient (Wildman–Crippen LogP) is 2.84. The van der Waals surface area contributed by atoms with E-state index in [1.165, 1.54) is 12.6 Å². The van der Waals surface area contributed by atoms with Crippen LogP contribution in [0.3, 0.4) is 0 Å².